The molecule has 0 bridgehead atoms. The molecule has 0 aliphatic heterocycles. The molecular formula is C23H20N2O2S. The molecule has 1 heterocycles. The Bertz CT molecular complexity index is 1120. The van der Waals surface area contributed by atoms with Gasteiger partial charge < -0.3 is 10.1 Å². The number of rotatable bonds is 5. The fourth-order valence-corrected chi connectivity index (χ4v) is 3.94. The van der Waals surface area contributed by atoms with E-state index in [0.717, 1.165) is 38.7 Å². The minimum atomic E-state index is -0.181. The first-order chi connectivity index (χ1) is 13.6. The molecule has 3 aromatic carbocycles. The van der Waals surface area contributed by atoms with Crippen LogP contribution < -0.4 is 10.1 Å². The van der Waals surface area contributed by atoms with Crippen molar-refractivity contribution in [3.63, 3.8) is 0 Å². The lowest BCUT2D eigenvalue weighted by molar-refractivity contribution is -0.118. The highest BCUT2D eigenvalue weighted by atomic mass is 32.1. The van der Waals surface area contributed by atoms with E-state index in [1.165, 1.54) is 4.70 Å². The number of nitrogens with one attached hydrogen (secondary N) is 1. The minimum Gasteiger partial charge on any atom is -0.483 e. The van der Waals surface area contributed by atoms with Gasteiger partial charge in [0.15, 0.2) is 6.61 Å². The van der Waals surface area contributed by atoms with Crippen LogP contribution in [-0.2, 0) is 4.79 Å². The molecule has 0 saturated heterocycles. The monoisotopic (exact) mass is 388 g/mol. The molecule has 0 radical (unpaired) electrons. The van der Waals surface area contributed by atoms with Crippen molar-refractivity contribution in [1.29, 1.82) is 0 Å². The lowest BCUT2D eigenvalue weighted by atomic mass is 10.1. The van der Waals surface area contributed by atoms with Crippen LogP contribution in [0.5, 0.6) is 5.75 Å². The summed E-state index contributed by atoms with van der Waals surface area (Å²) in [4.78, 5) is 17.0. The third kappa shape index (κ3) is 3.89. The van der Waals surface area contributed by atoms with Crippen LogP contribution >= 0.6 is 11.3 Å². The number of fused-ring (bicyclic) bond motifs is 1. The quantitative estimate of drug-likeness (QED) is 0.484. The van der Waals surface area contributed by atoms with E-state index in [1.807, 2.05) is 68.4 Å². The van der Waals surface area contributed by atoms with Crippen molar-refractivity contribution in [2.75, 3.05) is 11.9 Å². The Hall–Kier alpha value is -3.18. The highest BCUT2D eigenvalue weighted by Gasteiger charge is 2.10. The molecule has 0 atom stereocenters. The van der Waals surface area contributed by atoms with Crippen molar-refractivity contribution < 1.29 is 9.53 Å². The summed E-state index contributed by atoms with van der Waals surface area (Å²) in [5.41, 5.74) is 4.83. The summed E-state index contributed by atoms with van der Waals surface area (Å²) in [5.74, 6) is 0.541. The summed E-state index contributed by atoms with van der Waals surface area (Å²) in [5, 5.41) is 3.90. The number of nitrogens with zero attached hydrogens (tertiary/aromatic N) is 1. The maximum Gasteiger partial charge on any atom is 0.262 e. The predicted octanol–water partition coefficient (Wildman–Crippen LogP) is 5.60. The van der Waals surface area contributed by atoms with Gasteiger partial charge in [0.1, 0.15) is 10.8 Å². The summed E-state index contributed by atoms with van der Waals surface area (Å²) in [7, 11) is 0. The van der Waals surface area contributed by atoms with Gasteiger partial charge in [-0.05, 0) is 61.4 Å². The third-order valence-corrected chi connectivity index (χ3v) is 5.58. The molecule has 140 valence electrons. The van der Waals surface area contributed by atoms with Crippen molar-refractivity contribution in [1.82, 2.24) is 4.98 Å². The predicted molar refractivity (Wildman–Crippen MR) is 115 cm³/mol. The van der Waals surface area contributed by atoms with E-state index in [1.54, 1.807) is 11.3 Å². The Morgan fingerprint density at radius 1 is 1.00 bits per heavy atom. The highest BCUT2D eigenvalue weighted by Crippen LogP contribution is 2.31. The molecular weight excluding hydrogens is 368 g/mol. The molecule has 1 N–H and O–H groups in total. The zero-order chi connectivity index (χ0) is 19.5. The molecule has 28 heavy (non-hydrogen) atoms. The minimum absolute atomic E-state index is 0.0239. The van der Waals surface area contributed by atoms with Crippen molar-refractivity contribution in [2.45, 2.75) is 13.8 Å². The first-order valence-corrected chi connectivity index (χ1v) is 9.87. The zero-order valence-corrected chi connectivity index (χ0v) is 16.5. The van der Waals surface area contributed by atoms with Crippen LogP contribution in [-0.4, -0.2) is 17.5 Å². The number of hydrogen-bond acceptors (Lipinski definition) is 4. The van der Waals surface area contributed by atoms with Gasteiger partial charge in [-0.2, -0.15) is 0 Å². The summed E-state index contributed by atoms with van der Waals surface area (Å²) in [6.07, 6.45) is 0. The fraction of sp³-hybridized carbons (Fsp3) is 0.130. The molecule has 1 amide bonds. The number of ether oxygens (including phenoxy) is 1. The lowest BCUT2D eigenvalue weighted by Crippen LogP contribution is -2.20. The van der Waals surface area contributed by atoms with Gasteiger partial charge in [-0.25, -0.2) is 4.98 Å². The van der Waals surface area contributed by atoms with Crippen molar-refractivity contribution >= 4 is 33.1 Å². The van der Waals surface area contributed by atoms with Crippen LogP contribution in [0.3, 0.4) is 0 Å². The second-order valence-corrected chi connectivity index (χ2v) is 7.65. The Labute approximate surface area is 167 Å². The molecule has 4 aromatic rings. The molecule has 0 saturated carbocycles. The number of aromatic nitrogens is 1. The van der Waals surface area contributed by atoms with E-state index in [0.29, 0.717) is 0 Å². The van der Waals surface area contributed by atoms with E-state index >= 15 is 0 Å². The Kier molecular flexibility index (Phi) is 5.08. The largest absolute Gasteiger partial charge is 0.483 e. The van der Waals surface area contributed by atoms with Gasteiger partial charge in [-0.3, -0.25) is 4.79 Å². The number of aryl methyl sites for hydroxylation is 2. The molecule has 4 nitrogen and oxygen atoms in total. The molecule has 0 aliphatic carbocycles. The second-order valence-electron chi connectivity index (χ2n) is 6.62. The van der Waals surface area contributed by atoms with Crippen LogP contribution in [0.2, 0.25) is 0 Å². The first kappa shape index (κ1) is 18.2. The first-order valence-electron chi connectivity index (χ1n) is 9.05. The number of amides is 1. The molecule has 0 unspecified atom stereocenters. The number of carbonyl (C=O) groups excluding carboxylic acids is 1. The van der Waals surface area contributed by atoms with Crippen LogP contribution in [0.1, 0.15) is 11.1 Å². The average Bonchev–Trinajstić information content (AvgIpc) is 3.13. The normalized spacial score (nSPS) is 10.8. The molecule has 4 rings (SSSR count). The second kappa shape index (κ2) is 7.82. The van der Waals surface area contributed by atoms with Gasteiger partial charge in [0.2, 0.25) is 0 Å². The van der Waals surface area contributed by atoms with E-state index in [-0.39, 0.29) is 12.5 Å². The van der Waals surface area contributed by atoms with Crippen LogP contribution in [0.15, 0.2) is 66.7 Å². The number of hydrogen-bond donors (Lipinski definition) is 1. The number of carbonyl (C=O) groups is 1. The van der Waals surface area contributed by atoms with Crippen molar-refractivity contribution in [3.05, 3.63) is 77.9 Å². The van der Waals surface area contributed by atoms with Gasteiger partial charge in [0.05, 0.1) is 10.2 Å². The number of thiazole rings is 1. The summed E-state index contributed by atoms with van der Waals surface area (Å²) in [6, 6.07) is 21.7. The average molecular weight is 388 g/mol. The highest BCUT2D eigenvalue weighted by molar-refractivity contribution is 7.21. The van der Waals surface area contributed by atoms with Crippen LogP contribution in [0, 0.1) is 13.8 Å². The molecule has 1 aromatic heterocycles. The number of benzene rings is 3. The van der Waals surface area contributed by atoms with Gasteiger partial charge >= 0.3 is 0 Å². The smallest absolute Gasteiger partial charge is 0.262 e. The number of para-hydroxylation sites is 2. The maximum absolute atomic E-state index is 12.3. The van der Waals surface area contributed by atoms with Crippen LogP contribution in [0.25, 0.3) is 20.8 Å². The van der Waals surface area contributed by atoms with E-state index in [2.05, 4.69) is 17.4 Å². The van der Waals surface area contributed by atoms with Gasteiger partial charge in [0, 0.05) is 11.3 Å². The SMILES string of the molecule is Cc1cc(-c2nc3ccccc3s2)ccc1NC(=O)COc1ccccc1C. The summed E-state index contributed by atoms with van der Waals surface area (Å²) >= 11 is 1.67. The van der Waals surface area contributed by atoms with Gasteiger partial charge in [-0.1, -0.05) is 30.3 Å². The zero-order valence-electron chi connectivity index (χ0n) is 15.7. The third-order valence-electron chi connectivity index (χ3n) is 4.49. The van der Waals surface area contributed by atoms with Gasteiger partial charge in [0.25, 0.3) is 5.91 Å². The topological polar surface area (TPSA) is 51.2 Å². The maximum atomic E-state index is 12.3. The molecule has 0 spiro atoms. The standard InChI is InChI=1S/C23H20N2O2S/c1-15-7-3-5-9-20(15)27-14-22(26)24-18-12-11-17(13-16(18)2)23-25-19-8-4-6-10-21(19)28-23/h3-13H,14H2,1-2H3,(H,24,26). The van der Waals surface area contributed by atoms with E-state index < -0.39 is 0 Å². The lowest BCUT2D eigenvalue weighted by Gasteiger charge is -2.11. The molecule has 5 heteroatoms. The Morgan fingerprint density at radius 3 is 2.57 bits per heavy atom. The van der Waals surface area contributed by atoms with E-state index in [9.17, 15) is 4.79 Å². The van der Waals surface area contributed by atoms with E-state index in [4.69, 9.17) is 9.72 Å². The summed E-state index contributed by atoms with van der Waals surface area (Å²) < 4.78 is 6.78. The molecule has 0 fully saturated rings. The summed E-state index contributed by atoms with van der Waals surface area (Å²) in [6.45, 7) is 3.91. The number of anilines is 1. The van der Waals surface area contributed by atoms with Crippen molar-refractivity contribution in [3.8, 4) is 16.3 Å². The molecule has 0 aliphatic rings. The Balaban J connectivity index is 1.45. The van der Waals surface area contributed by atoms with Crippen molar-refractivity contribution in [2.24, 2.45) is 0 Å². The van der Waals surface area contributed by atoms with Gasteiger partial charge in [-0.15, -0.1) is 11.3 Å². The fourth-order valence-electron chi connectivity index (χ4n) is 2.98. The Morgan fingerprint density at radius 2 is 1.79 bits per heavy atom. The van der Waals surface area contributed by atoms with Crippen LogP contribution in [0.4, 0.5) is 5.69 Å².